The van der Waals surface area contributed by atoms with Crippen LogP contribution in [0.3, 0.4) is 0 Å². The fraction of sp³-hybridized carbons (Fsp3) is 0.474. The molecule has 1 saturated carbocycles. The summed E-state index contributed by atoms with van der Waals surface area (Å²) in [6.45, 7) is 12.9. The Kier molecular flexibility index (Phi) is 9.67. The summed E-state index contributed by atoms with van der Waals surface area (Å²) in [5, 5.41) is 3.63. The first-order valence-corrected chi connectivity index (χ1v) is 17.1. The molecular formula is C38H46FN5O4. The summed E-state index contributed by atoms with van der Waals surface area (Å²) in [6.07, 6.45) is 3.79. The van der Waals surface area contributed by atoms with Gasteiger partial charge in [-0.2, -0.15) is 0 Å². The van der Waals surface area contributed by atoms with Gasteiger partial charge in [-0.25, -0.2) is 18.7 Å². The van der Waals surface area contributed by atoms with E-state index in [1.807, 2.05) is 45.0 Å². The average molecular weight is 656 g/mol. The van der Waals surface area contributed by atoms with Gasteiger partial charge in [0.05, 0.1) is 17.3 Å². The molecule has 6 rings (SSSR count). The van der Waals surface area contributed by atoms with E-state index in [-0.39, 0.29) is 29.0 Å². The van der Waals surface area contributed by atoms with E-state index in [1.54, 1.807) is 0 Å². The number of hydrogen-bond acceptors (Lipinski definition) is 7. The van der Waals surface area contributed by atoms with Crippen molar-refractivity contribution in [2.45, 2.75) is 97.0 Å². The lowest BCUT2D eigenvalue weighted by Crippen LogP contribution is -2.53. The molecule has 1 aliphatic heterocycles. The summed E-state index contributed by atoms with van der Waals surface area (Å²) < 4.78 is 22.7. The molecule has 10 heteroatoms. The van der Waals surface area contributed by atoms with E-state index in [2.05, 4.69) is 53.3 Å². The lowest BCUT2D eigenvalue weighted by molar-refractivity contribution is -0.156. The molecule has 2 fully saturated rings. The molecule has 0 radical (unpaired) electrons. The topological polar surface area (TPSA) is 98.5 Å². The predicted octanol–water partition coefficient (Wildman–Crippen LogP) is 6.00. The normalized spacial score (nSPS) is 22.1. The van der Waals surface area contributed by atoms with Crippen LogP contribution in [0.1, 0.15) is 78.3 Å². The SMILES string of the molecule is C[C@@H]1CN(Cc2ccc(-c3cccc(-n4c(=O)n(C5CCC(CC(=O)OC(C)(C)C)CC5)c(=O)c5cc(F)cnc54)c3)cc2)C[C@H](C)N1. The summed E-state index contributed by atoms with van der Waals surface area (Å²) in [7, 11) is 0. The standard InChI is InChI=1S/C38H46FN5O4/c1-24-21-42(22-25(2)41-24)23-27-9-13-28(14-10-27)29-7-6-8-32(18-29)43-35-33(19-30(39)20-40-35)36(46)44(37(43)47)31-15-11-26(12-16-31)17-34(45)48-38(3,4)5/h6-10,13-14,18-20,24-26,31,41H,11-12,15-17,21-23H2,1-5H3/t24-,25+,26?,31?. The summed E-state index contributed by atoms with van der Waals surface area (Å²) in [6, 6.07) is 17.7. The first-order chi connectivity index (χ1) is 22.8. The van der Waals surface area contributed by atoms with Crippen molar-refractivity contribution in [1.29, 1.82) is 0 Å². The van der Waals surface area contributed by atoms with Crippen molar-refractivity contribution >= 4 is 17.0 Å². The largest absolute Gasteiger partial charge is 0.460 e. The number of ether oxygens (including phenoxy) is 1. The molecule has 0 unspecified atom stereocenters. The minimum absolute atomic E-state index is 0.0526. The predicted molar refractivity (Wildman–Crippen MR) is 186 cm³/mol. The highest BCUT2D eigenvalue weighted by Gasteiger charge is 2.29. The maximum Gasteiger partial charge on any atom is 0.337 e. The molecule has 0 amide bonds. The van der Waals surface area contributed by atoms with Crippen LogP contribution in [-0.2, 0) is 16.1 Å². The van der Waals surface area contributed by atoms with E-state index in [0.717, 1.165) is 43.0 Å². The molecule has 9 nitrogen and oxygen atoms in total. The van der Waals surface area contributed by atoms with Crippen LogP contribution >= 0.6 is 0 Å². The minimum atomic E-state index is -0.643. The lowest BCUT2D eigenvalue weighted by atomic mass is 9.84. The van der Waals surface area contributed by atoms with Gasteiger partial charge in [-0.15, -0.1) is 0 Å². The van der Waals surface area contributed by atoms with Crippen molar-refractivity contribution in [2.75, 3.05) is 13.1 Å². The first-order valence-electron chi connectivity index (χ1n) is 17.1. The van der Waals surface area contributed by atoms with Crippen LogP contribution in [0.2, 0.25) is 0 Å². The third kappa shape index (κ3) is 7.60. The Hall–Kier alpha value is -4.15. The highest BCUT2D eigenvalue weighted by Crippen LogP contribution is 2.34. The Labute approximate surface area is 280 Å². The number of benzene rings is 2. The number of aromatic nitrogens is 3. The monoisotopic (exact) mass is 655 g/mol. The van der Waals surface area contributed by atoms with Crippen LogP contribution in [0.5, 0.6) is 0 Å². The van der Waals surface area contributed by atoms with E-state index in [0.29, 0.717) is 49.9 Å². The number of pyridine rings is 1. The van der Waals surface area contributed by atoms with Crippen LogP contribution in [-0.4, -0.2) is 55.8 Å². The molecule has 1 saturated heterocycles. The molecule has 2 aromatic heterocycles. The fourth-order valence-corrected chi connectivity index (χ4v) is 7.42. The molecule has 4 aromatic rings. The number of carbonyl (C=O) groups is 1. The van der Waals surface area contributed by atoms with Gasteiger partial charge >= 0.3 is 11.7 Å². The van der Waals surface area contributed by atoms with Gasteiger partial charge in [-0.3, -0.25) is 19.1 Å². The number of halogens is 1. The van der Waals surface area contributed by atoms with Gasteiger partial charge in [-0.05, 0) is 101 Å². The van der Waals surface area contributed by atoms with Crippen molar-refractivity contribution < 1.29 is 13.9 Å². The number of hydrogen-bond donors (Lipinski definition) is 1. The van der Waals surface area contributed by atoms with E-state index in [1.165, 1.54) is 14.7 Å². The van der Waals surface area contributed by atoms with Gasteiger partial charge in [0, 0.05) is 44.2 Å². The van der Waals surface area contributed by atoms with Crippen molar-refractivity contribution in [1.82, 2.24) is 24.3 Å². The van der Waals surface area contributed by atoms with Gasteiger partial charge in [0.15, 0.2) is 5.65 Å². The second-order valence-corrected chi connectivity index (χ2v) is 14.7. The Morgan fingerprint density at radius 2 is 1.65 bits per heavy atom. The molecule has 0 bridgehead atoms. The molecule has 0 spiro atoms. The number of esters is 1. The van der Waals surface area contributed by atoms with E-state index < -0.39 is 22.7 Å². The Morgan fingerprint density at radius 1 is 0.958 bits per heavy atom. The number of fused-ring (bicyclic) bond motifs is 1. The van der Waals surface area contributed by atoms with Gasteiger partial charge in [0.2, 0.25) is 0 Å². The zero-order valence-corrected chi connectivity index (χ0v) is 28.5. The smallest absolute Gasteiger partial charge is 0.337 e. The number of nitrogens with zero attached hydrogens (tertiary/aromatic N) is 4. The van der Waals surface area contributed by atoms with Crippen molar-refractivity contribution in [3.63, 3.8) is 0 Å². The Morgan fingerprint density at radius 3 is 2.31 bits per heavy atom. The molecular weight excluding hydrogens is 609 g/mol. The second-order valence-electron chi connectivity index (χ2n) is 14.7. The average Bonchev–Trinajstić information content (AvgIpc) is 3.01. The highest BCUT2D eigenvalue weighted by molar-refractivity contribution is 5.76. The third-order valence-corrected chi connectivity index (χ3v) is 9.38. The summed E-state index contributed by atoms with van der Waals surface area (Å²) >= 11 is 0. The zero-order chi connectivity index (χ0) is 34.2. The molecule has 1 aliphatic carbocycles. The minimum Gasteiger partial charge on any atom is -0.460 e. The number of piperazine rings is 1. The molecule has 2 atom stereocenters. The zero-order valence-electron chi connectivity index (χ0n) is 28.5. The fourth-order valence-electron chi connectivity index (χ4n) is 7.42. The van der Waals surface area contributed by atoms with Gasteiger partial charge < -0.3 is 10.1 Å². The van der Waals surface area contributed by atoms with Crippen LogP contribution in [0.15, 0.2) is 70.4 Å². The first kappa shape index (κ1) is 33.7. The van der Waals surface area contributed by atoms with Crippen molar-refractivity contribution in [2.24, 2.45) is 5.92 Å². The summed E-state index contributed by atoms with van der Waals surface area (Å²) in [5.74, 6) is -0.771. The van der Waals surface area contributed by atoms with Crippen LogP contribution in [0.4, 0.5) is 4.39 Å². The number of nitrogens with one attached hydrogen (secondary N) is 1. The van der Waals surface area contributed by atoms with Crippen LogP contribution in [0.25, 0.3) is 27.8 Å². The quantitative estimate of drug-likeness (QED) is 0.244. The third-order valence-electron chi connectivity index (χ3n) is 9.38. The lowest BCUT2D eigenvalue weighted by Gasteiger charge is -2.36. The maximum atomic E-state index is 14.5. The summed E-state index contributed by atoms with van der Waals surface area (Å²) in [4.78, 5) is 47.1. The van der Waals surface area contributed by atoms with Crippen LogP contribution < -0.4 is 16.6 Å². The molecule has 2 aromatic carbocycles. The Balaban J connectivity index is 1.28. The van der Waals surface area contributed by atoms with Gasteiger partial charge in [-0.1, -0.05) is 36.4 Å². The van der Waals surface area contributed by atoms with Crippen molar-refractivity contribution in [3.8, 4) is 16.8 Å². The van der Waals surface area contributed by atoms with E-state index in [9.17, 15) is 18.8 Å². The van der Waals surface area contributed by atoms with E-state index in [4.69, 9.17) is 4.74 Å². The van der Waals surface area contributed by atoms with Crippen molar-refractivity contribution in [3.05, 3.63) is 93.0 Å². The Bertz CT molecular complexity index is 1890. The van der Waals surface area contributed by atoms with Gasteiger partial charge in [0.1, 0.15) is 11.4 Å². The summed E-state index contributed by atoms with van der Waals surface area (Å²) in [5.41, 5.74) is 2.20. The molecule has 2 aliphatic rings. The second kappa shape index (κ2) is 13.8. The molecule has 1 N–H and O–H groups in total. The van der Waals surface area contributed by atoms with E-state index >= 15 is 0 Å². The molecule has 48 heavy (non-hydrogen) atoms. The number of rotatable bonds is 7. The maximum absolute atomic E-state index is 14.5. The molecule has 3 heterocycles. The molecule has 254 valence electrons. The van der Waals surface area contributed by atoms with Crippen LogP contribution in [0, 0.1) is 11.7 Å². The van der Waals surface area contributed by atoms with Gasteiger partial charge in [0.25, 0.3) is 5.56 Å². The highest BCUT2D eigenvalue weighted by atomic mass is 19.1. The number of carbonyl (C=O) groups excluding carboxylic acids is 1.